The number of aromatic nitrogens is 2. The summed E-state index contributed by atoms with van der Waals surface area (Å²) in [7, 11) is 0. The van der Waals surface area contributed by atoms with Crippen LogP contribution in [0.1, 0.15) is 41.6 Å². The van der Waals surface area contributed by atoms with Crippen molar-refractivity contribution in [3.05, 3.63) is 106 Å². The first-order valence-electron chi connectivity index (χ1n) is 12.7. The van der Waals surface area contributed by atoms with Crippen molar-refractivity contribution in [2.75, 3.05) is 11.5 Å². The van der Waals surface area contributed by atoms with E-state index >= 15 is 0 Å². The van der Waals surface area contributed by atoms with Crippen LogP contribution in [0.3, 0.4) is 0 Å². The SMILES string of the molecule is CCCOc1cccc(C2/C(=C(\O)c3ccc(C)cc3)C(=O)C(=O)N2c2nnc(SCc3ccc(Cl)cc3)s2)c1. The summed E-state index contributed by atoms with van der Waals surface area (Å²) in [6.07, 6.45) is 0.831. The number of carbonyl (C=O) groups is 2. The van der Waals surface area contributed by atoms with Crippen LogP contribution in [0.15, 0.2) is 82.7 Å². The molecule has 1 unspecified atom stereocenters. The quantitative estimate of drug-likeness (QED) is 0.0723. The Morgan fingerprint density at radius 2 is 1.82 bits per heavy atom. The topological polar surface area (TPSA) is 92.6 Å². The minimum atomic E-state index is -0.909. The molecule has 0 aliphatic carbocycles. The van der Waals surface area contributed by atoms with Crippen LogP contribution < -0.4 is 9.64 Å². The minimum absolute atomic E-state index is 0.00735. The monoisotopic (exact) mass is 591 g/mol. The third kappa shape index (κ3) is 5.91. The number of ketones is 1. The molecule has 7 nitrogen and oxygen atoms in total. The molecule has 5 rings (SSSR count). The maximum Gasteiger partial charge on any atom is 0.301 e. The Balaban J connectivity index is 1.54. The lowest BCUT2D eigenvalue weighted by molar-refractivity contribution is -0.132. The van der Waals surface area contributed by atoms with Gasteiger partial charge in [0.25, 0.3) is 5.78 Å². The van der Waals surface area contributed by atoms with Gasteiger partial charge in [0.2, 0.25) is 5.13 Å². The Bertz CT molecular complexity index is 1570. The Morgan fingerprint density at radius 3 is 2.55 bits per heavy atom. The van der Waals surface area contributed by atoms with Gasteiger partial charge >= 0.3 is 5.91 Å². The van der Waals surface area contributed by atoms with Crippen LogP contribution in [-0.2, 0) is 15.3 Å². The normalized spacial score (nSPS) is 16.5. The zero-order valence-electron chi connectivity index (χ0n) is 21.8. The molecule has 4 aromatic rings. The predicted molar refractivity (Wildman–Crippen MR) is 159 cm³/mol. The lowest BCUT2D eigenvalue weighted by Gasteiger charge is -2.23. The number of anilines is 1. The van der Waals surface area contributed by atoms with E-state index in [4.69, 9.17) is 16.3 Å². The number of thioether (sulfide) groups is 1. The molecule has 0 bridgehead atoms. The second-order valence-electron chi connectivity index (χ2n) is 9.22. The number of hydrogen-bond donors (Lipinski definition) is 1. The molecule has 10 heteroatoms. The average molecular weight is 592 g/mol. The smallest absolute Gasteiger partial charge is 0.301 e. The summed E-state index contributed by atoms with van der Waals surface area (Å²) in [5.41, 5.74) is 3.13. The molecule has 1 amide bonds. The van der Waals surface area contributed by atoms with E-state index in [1.165, 1.54) is 28.0 Å². The number of benzene rings is 3. The average Bonchev–Trinajstić information content (AvgIpc) is 3.53. The van der Waals surface area contributed by atoms with E-state index in [2.05, 4.69) is 10.2 Å². The fourth-order valence-corrected chi connectivity index (χ4v) is 6.24. The van der Waals surface area contributed by atoms with Gasteiger partial charge in [-0.3, -0.25) is 14.5 Å². The highest BCUT2D eigenvalue weighted by atomic mass is 35.5. The molecule has 1 N–H and O–H groups in total. The number of aliphatic hydroxyl groups excluding tert-OH is 1. The lowest BCUT2D eigenvalue weighted by Crippen LogP contribution is -2.29. The van der Waals surface area contributed by atoms with Crippen molar-refractivity contribution < 1.29 is 19.4 Å². The summed E-state index contributed by atoms with van der Waals surface area (Å²) in [5.74, 6) is -0.556. The largest absolute Gasteiger partial charge is 0.507 e. The number of amides is 1. The minimum Gasteiger partial charge on any atom is -0.507 e. The first-order valence-corrected chi connectivity index (χ1v) is 14.8. The number of aryl methyl sites for hydroxylation is 1. The number of Topliss-reactive ketones (excluding diaryl/α,β-unsaturated/α-hetero) is 1. The maximum absolute atomic E-state index is 13.5. The van der Waals surface area contributed by atoms with Crippen molar-refractivity contribution in [3.8, 4) is 5.75 Å². The van der Waals surface area contributed by atoms with Crippen LogP contribution in [-0.4, -0.2) is 33.6 Å². The summed E-state index contributed by atoms with van der Waals surface area (Å²) in [5, 5.41) is 20.8. The van der Waals surface area contributed by atoms with Crippen LogP contribution in [0.5, 0.6) is 5.75 Å². The summed E-state index contributed by atoms with van der Waals surface area (Å²) in [6.45, 7) is 4.47. The van der Waals surface area contributed by atoms with E-state index < -0.39 is 17.7 Å². The second kappa shape index (κ2) is 12.2. The number of nitrogens with zero attached hydrogens (tertiary/aromatic N) is 3. The first-order chi connectivity index (χ1) is 19.4. The molecule has 0 spiro atoms. The van der Waals surface area contributed by atoms with E-state index in [1.807, 2.05) is 62.4 Å². The van der Waals surface area contributed by atoms with Gasteiger partial charge in [0.1, 0.15) is 11.5 Å². The molecule has 2 heterocycles. The predicted octanol–water partition coefficient (Wildman–Crippen LogP) is 7.21. The molecule has 1 aromatic heterocycles. The Hall–Kier alpha value is -3.66. The van der Waals surface area contributed by atoms with E-state index in [1.54, 1.807) is 24.3 Å². The summed E-state index contributed by atoms with van der Waals surface area (Å²) in [6, 6.07) is 21.0. The number of carbonyl (C=O) groups excluding carboxylic acids is 2. The van der Waals surface area contributed by atoms with Crippen molar-refractivity contribution in [1.82, 2.24) is 10.2 Å². The Morgan fingerprint density at radius 1 is 1.07 bits per heavy atom. The van der Waals surface area contributed by atoms with Gasteiger partial charge < -0.3 is 9.84 Å². The molecule has 1 aliphatic heterocycles. The number of halogens is 1. The van der Waals surface area contributed by atoms with Crippen molar-refractivity contribution in [1.29, 1.82) is 0 Å². The molecule has 1 aliphatic rings. The molecular formula is C30H26ClN3O4S2. The van der Waals surface area contributed by atoms with Crippen LogP contribution in [0, 0.1) is 6.92 Å². The van der Waals surface area contributed by atoms with Crippen LogP contribution >= 0.6 is 34.7 Å². The number of aliphatic hydroxyl groups is 1. The van der Waals surface area contributed by atoms with Gasteiger partial charge in [-0.1, -0.05) is 95.7 Å². The first kappa shape index (κ1) is 27.9. The fraction of sp³-hybridized carbons (Fsp3) is 0.200. The molecule has 1 atom stereocenters. The zero-order valence-corrected chi connectivity index (χ0v) is 24.2. The van der Waals surface area contributed by atoms with Crippen molar-refractivity contribution >= 4 is 57.3 Å². The molecule has 3 aromatic carbocycles. The Kier molecular flexibility index (Phi) is 8.54. The summed E-state index contributed by atoms with van der Waals surface area (Å²) < 4.78 is 6.47. The third-order valence-electron chi connectivity index (χ3n) is 6.29. The highest BCUT2D eigenvalue weighted by molar-refractivity contribution is 8.00. The summed E-state index contributed by atoms with van der Waals surface area (Å²) >= 11 is 8.68. The van der Waals surface area contributed by atoms with Crippen LogP contribution in [0.4, 0.5) is 5.13 Å². The van der Waals surface area contributed by atoms with E-state index in [0.29, 0.717) is 38.6 Å². The van der Waals surface area contributed by atoms with E-state index in [0.717, 1.165) is 17.5 Å². The fourth-order valence-electron chi connectivity index (χ4n) is 4.29. The van der Waals surface area contributed by atoms with Crippen LogP contribution in [0.25, 0.3) is 5.76 Å². The third-order valence-corrected chi connectivity index (χ3v) is 8.67. The van der Waals surface area contributed by atoms with Crippen molar-refractivity contribution in [2.24, 2.45) is 0 Å². The molecule has 40 heavy (non-hydrogen) atoms. The van der Waals surface area contributed by atoms with Gasteiger partial charge in [0.05, 0.1) is 18.2 Å². The number of ether oxygens (including phenoxy) is 1. The Labute approximate surface area is 245 Å². The van der Waals surface area contributed by atoms with Gasteiger partial charge in [-0.15, -0.1) is 10.2 Å². The van der Waals surface area contributed by atoms with Gasteiger partial charge in [-0.05, 0) is 48.7 Å². The second-order valence-corrected chi connectivity index (χ2v) is 11.8. The van der Waals surface area contributed by atoms with E-state index in [9.17, 15) is 14.7 Å². The molecule has 0 saturated carbocycles. The highest BCUT2D eigenvalue weighted by Gasteiger charge is 2.48. The number of hydrogen-bond acceptors (Lipinski definition) is 8. The van der Waals surface area contributed by atoms with Gasteiger partial charge in [-0.25, -0.2) is 0 Å². The molecule has 204 valence electrons. The standard InChI is InChI=1S/C30H26ClN3O4S2/c1-3-15-38-23-6-4-5-21(16-23)25-24(26(35)20-11-7-18(2)8-12-20)27(36)28(37)34(25)29-32-33-30(40-29)39-17-19-9-13-22(31)14-10-19/h4-14,16,25,35H,3,15,17H2,1-2H3/b26-24+. The molecular weight excluding hydrogens is 566 g/mol. The molecule has 1 saturated heterocycles. The maximum atomic E-state index is 13.5. The van der Waals surface area contributed by atoms with Crippen molar-refractivity contribution in [2.45, 2.75) is 36.4 Å². The zero-order chi connectivity index (χ0) is 28.2. The lowest BCUT2D eigenvalue weighted by atomic mass is 9.95. The van der Waals surface area contributed by atoms with Gasteiger partial charge in [0.15, 0.2) is 4.34 Å². The van der Waals surface area contributed by atoms with Gasteiger partial charge in [0, 0.05) is 16.3 Å². The molecule has 1 fully saturated rings. The highest BCUT2D eigenvalue weighted by Crippen LogP contribution is 2.44. The van der Waals surface area contributed by atoms with Gasteiger partial charge in [-0.2, -0.15) is 0 Å². The molecule has 0 radical (unpaired) electrons. The van der Waals surface area contributed by atoms with E-state index in [-0.39, 0.29) is 16.5 Å². The van der Waals surface area contributed by atoms with Crippen LogP contribution in [0.2, 0.25) is 5.02 Å². The number of rotatable bonds is 9. The van der Waals surface area contributed by atoms with Crippen molar-refractivity contribution in [3.63, 3.8) is 0 Å². The summed E-state index contributed by atoms with van der Waals surface area (Å²) in [4.78, 5) is 28.3.